The molecule has 4 nitrogen and oxygen atoms in total. The van der Waals surface area contributed by atoms with Crippen molar-refractivity contribution in [2.24, 2.45) is 4.99 Å². The molecule has 0 saturated heterocycles. The Labute approximate surface area is 151 Å². The lowest BCUT2D eigenvalue weighted by Gasteiger charge is -2.25. The number of nitrogens with zero attached hydrogens (tertiary/aromatic N) is 2. The minimum atomic E-state index is 0. The standard InChI is InChI=1S/C17H28N4.HI/c1-13-7-5-6-8-15(13)12-20-17(18-3)19-11-14(2)21(4)16-9-10-16;/h5-8,14,16H,9-12H2,1-4H3,(H2,18,19,20);1H. The highest BCUT2D eigenvalue weighted by molar-refractivity contribution is 14.0. The van der Waals surface area contributed by atoms with Crippen LogP contribution < -0.4 is 10.6 Å². The molecule has 0 aromatic heterocycles. The third-order valence-corrected chi connectivity index (χ3v) is 4.31. The van der Waals surface area contributed by atoms with Gasteiger partial charge in [-0.15, -0.1) is 24.0 Å². The molecule has 124 valence electrons. The van der Waals surface area contributed by atoms with E-state index < -0.39 is 0 Å². The van der Waals surface area contributed by atoms with Crippen LogP contribution in [0, 0.1) is 6.92 Å². The van der Waals surface area contributed by atoms with Gasteiger partial charge in [0.25, 0.3) is 0 Å². The van der Waals surface area contributed by atoms with E-state index in [0.717, 1.165) is 25.1 Å². The maximum absolute atomic E-state index is 4.30. The summed E-state index contributed by atoms with van der Waals surface area (Å²) in [5.41, 5.74) is 2.62. The molecule has 0 heterocycles. The monoisotopic (exact) mass is 416 g/mol. The Kier molecular flexibility index (Phi) is 8.17. The van der Waals surface area contributed by atoms with Crippen molar-refractivity contribution in [3.05, 3.63) is 35.4 Å². The predicted octanol–water partition coefficient (Wildman–Crippen LogP) is 2.76. The first kappa shape index (κ1) is 19.2. The molecule has 1 aliphatic rings. The molecule has 1 aliphatic carbocycles. The summed E-state index contributed by atoms with van der Waals surface area (Å²) in [4.78, 5) is 6.76. The van der Waals surface area contributed by atoms with Gasteiger partial charge >= 0.3 is 0 Å². The number of hydrogen-bond donors (Lipinski definition) is 2. The number of aryl methyl sites for hydroxylation is 1. The summed E-state index contributed by atoms with van der Waals surface area (Å²) in [6.07, 6.45) is 2.70. The number of benzene rings is 1. The second-order valence-electron chi connectivity index (χ2n) is 5.98. The molecule has 0 bridgehead atoms. The van der Waals surface area contributed by atoms with Crippen molar-refractivity contribution in [2.45, 2.75) is 45.3 Å². The van der Waals surface area contributed by atoms with Crippen LogP contribution in [0.1, 0.15) is 30.9 Å². The van der Waals surface area contributed by atoms with E-state index in [1.165, 1.54) is 24.0 Å². The van der Waals surface area contributed by atoms with Gasteiger partial charge in [-0.3, -0.25) is 9.89 Å². The number of halogens is 1. The summed E-state index contributed by atoms with van der Waals surface area (Å²) in [6.45, 7) is 6.12. The number of hydrogen-bond acceptors (Lipinski definition) is 2. The van der Waals surface area contributed by atoms with Crippen molar-refractivity contribution >= 4 is 29.9 Å². The van der Waals surface area contributed by atoms with Crippen LogP contribution in [0.15, 0.2) is 29.3 Å². The van der Waals surface area contributed by atoms with Crippen LogP contribution in [0.5, 0.6) is 0 Å². The van der Waals surface area contributed by atoms with Gasteiger partial charge in [0, 0.05) is 32.2 Å². The molecule has 0 radical (unpaired) electrons. The van der Waals surface area contributed by atoms with Gasteiger partial charge in [-0.1, -0.05) is 24.3 Å². The maximum atomic E-state index is 4.30. The van der Waals surface area contributed by atoms with Crippen LogP contribution in [0.3, 0.4) is 0 Å². The quantitative estimate of drug-likeness (QED) is 0.426. The number of nitrogens with one attached hydrogen (secondary N) is 2. The molecule has 5 heteroatoms. The fourth-order valence-electron chi connectivity index (χ4n) is 2.44. The van der Waals surface area contributed by atoms with Crippen molar-refractivity contribution in [3.8, 4) is 0 Å². The molecule has 0 spiro atoms. The van der Waals surface area contributed by atoms with Crippen molar-refractivity contribution in [1.82, 2.24) is 15.5 Å². The van der Waals surface area contributed by atoms with Gasteiger partial charge in [0.15, 0.2) is 5.96 Å². The first-order chi connectivity index (χ1) is 10.1. The molecule has 1 atom stereocenters. The third-order valence-electron chi connectivity index (χ3n) is 4.31. The molecule has 0 amide bonds. The van der Waals surface area contributed by atoms with Crippen LogP contribution in [-0.4, -0.2) is 43.6 Å². The molecule has 22 heavy (non-hydrogen) atoms. The number of rotatable bonds is 6. The minimum absolute atomic E-state index is 0. The summed E-state index contributed by atoms with van der Waals surface area (Å²) >= 11 is 0. The Balaban J connectivity index is 0.00000242. The molecule has 1 fully saturated rings. The third kappa shape index (κ3) is 5.76. The topological polar surface area (TPSA) is 39.7 Å². The first-order valence-corrected chi connectivity index (χ1v) is 7.82. The average Bonchev–Trinajstić information content (AvgIpc) is 3.32. The molecule has 1 aromatic carbocycles. The molecular weight excluding hydrogens is 387 g/mol. The lowest BCUT2D eigenvalue weighted by Crippen LogP contribution is -2.45. The lowest BCUT2D eigenvalue weighted by molar-refractivity contribution is 0.247. The lowest BCUT2D eigenvalue weighted by atomic mass is 10.1. The molecule has 1 saturated carbocycles. The highest BCUT2D eigenvalue weighted by Crippen LogP contribution is 2.26. The molecular formula is C17H29IN4. The second-order valence-corrected chi connectivity index (χ2v) is 5.98. The Hall–Kier alpha value is -0.820. The molecule has 1 unspecified atom stereocenters. The van der Waals surface area contributed by atoms with Gasteiger partial charge in [-0.25, -0.2) is 0 Å². The van der Waals surface area contributed by atoms with Crippen molar-refractivity contribution in [2.75, 3.05) is 20.6 Å². The molecule has 1 aromatic rings. The highest BCUT2D eigenvalue weighted by atomic mass is 127. The van der Waals surface area contributed by atoms with Crippen molar-refractivity contribution in [3.63, 3.8) is 0 Å². The van der Waals surface area contributed by atoms with Crippen LogP contribution in [0.25, 0.3) is 0 Å². The van der Waals surface area contributed by atoms with E-state index in [0.29, 0.717) is 6.04 Å². The van der Waals surface area contributed by atoms with Crippen LogP contribution >= 0.6 is 24.0 Å². The average molecular weight is 416 g/mol. The van der Waals surface area contributed by atoms with E-state index in [1.807, 2.05) is 7.05 Å². The second kappa shape index (κ2) is 9.35. The van der Waals surface area contributed by atoms with Crippen LogP contribution in [0.2, 0.25) is 0 Å². The highest BCUT2D eigenvalue weighted by Gasteiger charge is 2.28. The molecule has 2 rings (SSSR count). The number of guanidine groups is 1. The van der Waals surface area contributed by atoms with Gasteiger partial charge in [0.2, 0.25) is 0 Å². The summed E-state index contributed by atoms with van der Waals surface area (Å²) in [5, 5.41) is 6.81. The van der Waals surface area contributed by atoms with Gasteiger partial charge in [0.1, 0.15) is 0 Å². The summed E-state index contributed by atoms with van der Waals surface area (Å²) in [5.74, 6) is 0.870. The largest absolute Gasteiger partial charge is 0.355 e. The zero-order chi connectivity index (χ0) is 15.2. The van der Waals surface area contributed by atoms with E-state index in [4.69, 9.17) is 0 Å². The van der Waals surface area contributed by atoms with Gasteiger partial charge < -0.3 is 10.6 Å². The van der Waals surface area contributed by atoms with Crippen LogP contribution in [-0.2, 0) is 6.54 Å². The fraction of sp³-hybridized carbons (Fsp3) is 0.588. The summed E-state index contributed by atoms with van der Waals surface area (Å²) in [6, 6.07) is 9.76. The van der Waals surface area contributed by atoms with Crippen molar-refractivity contribution < 1.29 is 0 Å². The van der Waals surface area contributed by atoms with Gasteiger partial charge in [-0.2, -0.15) is 0 Å². The number of aliphatic imine (C=N–C) groups is 1. The first-order valence-electron chi connectivity index (χ1n) is 7.82. The summed E-state index contributed by atoms with van der Waals surface area (Å²) < 4.78 is 0. The van der Waals surface area contributed by atoms with E-state index in [2.05, 4.69) is 65.7 Å². The Bertz CT molecular complexity index is 485. The summed E-state index contributed by atoms with van der Waals surface area (Å²) in [7, 11) is 4.04. The zero-order valence-electron chi connectivity index (χ0n) is 14.1. The van der Waals surface area contributed by atoms with Crippen LogP contribution in [0.4, 0.5) is 0 Å². The Morgan fingerprint density at radius 1 is 1.32 bits per heavy atom. The molecule has 0 aliphatic heterocycles. The Morgan fingerprint density at radius 2 is 2.00 bits per heavy atom. The zero-order valence-corrected chi connectivity index (χ0v) is 16.4. The fourth-order valence-corrected chi connectivity index (χ4v) is 2.44. The Morgan fingerprint density at radius 3 is 2.59 bits per heavy atom. The van der Waals surface area contributed by atoms with Crippen molar-refractivity contribution in [1.29, 1.82) is 0 Å². The van der Waals surface area contributed by atoms with Gasteiger partial charge in [0.05, 0.1) is 0 Å². The SMILES string of the molecule is CN=C(NCc1ccccc1C)NCC(C)N(C)C1CC1.I. The molecule has 2 N–H and O–H groups in total. The number of likely N-dealkylation sites (N-methyl/N-ethyl adjacent to an activating group) is 1. The van der Waals surface area contributed by atoms with E-state index in [1.54, 1.807) is 0 Å². The normalized spacial score (nSPS) is 16.1. The van der Waals surface area contributed by atoms with E-state index >= 15 is 0 Å². The maximum Gasteiger partial charge on any atom is 0.191 e. The van der Waals surface area contributed by atoms with Gasteiger partial charge in [-0.05, 0) is 44.9 Å². The smallest absolute Gasteiger partial charge is 0.191 e. The minimum Gasteiger partial charge on any atom is -0.355 e. The van der Waals surface area contributed by atoms with E-state index in [9.17, 15) is 0 Å². The van der Waals surface area contributed by atoms with E-state index in [-0.39, 0.29) is 24.0 Å². The predicted molar refractivity (Wildman–Crippen MR) is 105 cm³/mol.